The Morgan fingerprint density at radius 1 is 1.17 bits per heavy atom. The van der Waals surface area contributed by atoms with E-state index in [-0.39, 0.29) is 6.04 Å². The number of benzene rings is 1. The van der Waals surface area contributed by atoms with E-state index >= 15 is 0 Å². The molecule has 2 atom stereocenters. The number of nitrogens with two attached hydrogens (primary N) is 1. The summed E-state index contributed by atoms with van der Waals surface area (Å²) in [6, 6.07) is 8.05. The molecule has 2 heteroatoms. The molecule has 2 N–H and O–H groups in total. The van der Waals surface area contributed by atoms with Crippen LogP contribution in [-0.4, -0.2) is 23.5 Å². The number of hydrogen-bond donors (Lipinski definition) is 1. The van der Waals surface area contributed by atoms with Crippen LogP contribution in [0.15, 0.2) is 18.2 Å². The summed E-state index contributed by atoms with van der Waals surface area (Å²) in [7, 11) is 0. The zero-order valence-electron chi connectivity index (χ0n) is 12.1. The Balaban J connectivity index is 2.37. The van der Waals surface area contributed by atoms with Crippen molar-refractivity contribution in [3.8, 4) is 0 Å². The number of rotatable bonds is 2. The summed E-state index contributed by atoms with van der Waals surface area (Å²) in [6.07, 6.45) is 2.36. The molecule has 2 unspecified atom stereocenters. The van der Waals surface area contributed by atoms with E-state index in [1.165, 1.54) is 29.7 Å². The molecule has 0 saturated carbocycles. The highest BCUT2D eigenvalue weighted by atomic mass is 15.2. The Morgan fingerprint density at radius 3 is 2.33 bits per heavy atom. The number of likely N-dealkylation sites (tertiary alicyclic amines) is 1. The van der Waals surface area contributed by atoms with E-state index in [0.29, 0.717) is 12.1 Å². The van der Waals surface area contributed by atoms with Crippen LogP contribution in [0.5, 0.6) is 0 Å². The van der Waals surface area contributed by atoms with Gasteiger partial charge in [-0.1, -0.05) is 29.3 Å². The highest BCUT2D eigenvalue weighted by molar-refractivity contribution is 5.32. The van der Waals surface area contributed by atoms with Crippen LogP contribution in [0.1, 0.15) is 49.4 Å². The van der Waals surface area contributed by atoms with Crippen LogP contribution < -0.4 is 5.73 Å². The van der Waals surface area contributed by atoms with Crippen molar-refractivity contribution in [3.05, 3.63) is 34.9 Å². The van der Waals surface area contributed by atoms with Crippen LogP contribution in [0.3, 0.4) is 0 Å². The Morgan fingerprint density at radius 2 is 1.78 bits per heavy atom. The molecule has 1 aromatic rings. The third-order valence-electron chi connectivity index (χ3n) is 3.97. The van der Waals surface area contributed by atoms with Crippen LogP contribution in [0.25, 0.3) is 0 Å². The van der Waals surface area contributed by atoms with Crippen molar-refractivity contribution in [2.24, 2.45) is 5.73 Å². The van der Waals surface area contributed by atoms with Gasteiger partial charge in [0.05, 0.1) is 6.04 Å². The van der Waals surface area contributed by atoms with Crippen LogP contribution in [0.2, 0.25) is 0 Å². The summed E-state index contributed by atoms with van der Waals surface area (Å²) in [4.78, 5) is 2.56. The number of nitrogens with zero attached hydrogens (tertiary/aromatic N) is 1. The van der Waals surface area contributed by atoms with Gasteiger partial charge in [-0.05, 0) is 52.6 Å². The second-order valence-electron chi connectivity index (χ2n) is 6.00. The monoisotopic (exact) mass is 246 g/mol. The molecule has 1 aliphatic rings. The minimum absolute atomic E-state index is 0.266. The molecule has 100 valence electrons. The Labute approximate surface area is 111 Å². The quantitative estimate of drug-likeness (QED) is 0.868. The highest BCUT2D eigenvalue weighted by Crippen LogP contribution is 2.32. The van der Waals surface area contributed by atoms with Gasteiger partial charge in [-0.15, -0.1) is 0 Å². The van der Waals surface area contributed by atoms with Gasteiger partial charge in [-0.25, -0.2) is 0 Å². The van der Waals surface area contributed by atoms with Crippen LogP contribution in [-0.2, 0) is 0 Å². The second kappa shape index (κ2) is 5.41. The summed E-state index contributed by atoms with van der Waals surface area (Å²) >= 11 is 0. The van der Waals surface area contributed by atoms with Gasteiger partial charge in [-0.3, -0.25) is 4.90 Å². The van der Waals surface area contributed by atoms with E-state index in [1.54, 1.807) is 0 Å². The Hall–Kier alpha value is -0.860. The minimum Gasteiger partial charge on any atom is -0.326 e. The molecule has 18 heavy (non-hydrogen) atoms. The van der Waals surface area contributed by atoms with Gasteiger partial charge in [0.25, 0.3) is 0 Å². The zero-order chi connectivity index (χ0) is 13.3. The molecule has 0 amide bonds. The van der Waals surface area contributed by atoms with Gasteiger partial charge in [0.2, 0.25) is 0 Å². The summed E-state index contributed by atoms with van der Waals surface area (Å²) in [5.41, 5.74) is 10.5. The molecule has 0 radical (unpaired) electrons. The Kier molecular flexibility index (Phi) is 4.08. The van der Waals surface area contributed by atoms with Gasteiger partial charge >= 0.3 is 0 Å². The zero-order valence-corrected chi connectivity index (χ0v) is 12.1. The molecule has 0 spiro atoms. The maximum Gasteiger partial charge on any atom is 0.0502 e. The first-order valence-electron chi connectivity index (χ1n) is 7.08. The lowest BCUT2D eigenvalue weighted by Gasteiger charge is -2.42. The van der Waals surface area contributed by atoms with Crippen LogP contribution >= 0.6 is 0 Å². The first kappa shape index (κ1) is 13.6. The molecular formula is C16H26N2. The molecule has 0 aromatic heterocycles. The third kappa shape index (κ3) is 2.76. The second-order valence-corrected chi connectivity index (χ2v) is 6.00. The number of aryl methyl sites for hydroxylation is 2. The fourth-order valence-electron chi connectivity index (χ4n) is 3.25. The van der Waals surface area contributed by atoms with Gasteiger partial charge < -0.3 is 5.73 Å². The minimum atomic E-state index is 0.266. The normalized spacial score (nSPS) is 25.7. The molecule has 0 aliphatic carbocycles. The summed E-state index contributed by atoms with van der Waals surface area (Å²) in [5, 5.41) is 0. The molecule has 2 rings (SSSR count). The molecule has 1 heterocycles. The average molecular weight is 246 g/mol. The van der Waals surface area contributed by atoms with E-state index in [2.05, 4.69) is 50.8 Å². The maximum atomic E-state index is 6.40. The fourth-order valence-corrected chi connectivity index (χ4v) is 3.25. The van der Waals surface area contributed by atoms with Crippen molar-refractivity contribution in [2.45, 2.75) is 58.7 Å². The number of hydrogen-bond acceptors (Lipinski definition) is 2. The predicted molar refractivity (Wildman–Crippen MR) is 77.7 cm³/mol. The molecule has 2 nitrogen and oxygen atoms in total. The lowest BCUT2D eigenvalue weighted by Crippen LogP contribution is -2.48. The summed E-state index contributed by atoms with van der Waals surface area (Å²) in [6.45, 7) is 10.1. The Bertz CT molecular complexity index is 391. The summed E-state index contributed by atoms with van der Waals surface area (Å²) in [5.74, 6) is 0. The third-order valence-corrected chi connectivity index (χ3v) is 3.97. The molecule has 1 fully saturated rings. The maximum absolute atomic E-state index is 6.40. The van der Waals surface area contributed by atoms with Crippen molar-refractivity contribution >= 4 is 0 Å². The highest BCUT2D eigenvalue weighted by Gasteiger charge is 2.31. The molecule has 1 aromatic carbocycles. The van der Waals surface area contributed by atoms with E-state index in [4.69, 9.17) is 5.73 Å². The largest absolute Gasteiger partial charge is 0.326 e. The van der Waals surface area contributed by atoms with Crippen LogP contribution in [0.4, 0.5) is 0 Å². The van der Waals surface area contributed by atoms with Gasteiger partial charge in [0, 0.05) is 12.1 Å². The van der Waals surface area contributed by atoms with E-state index in [0.717, 1.165) is 6.42 Å². The average Bonchev–Trinajstić information content (AvgIpc) is 2.26. The standard InChI is InChI=1S/C16H26N2/c1-11(2)18-7-5-6-15(17)16(18)14-9-12(3)8-13(4)10-14/h8-11,15-16H,5-7,17H2,1-4H3. The van der Waals surface area contributed by atoms with Crippen LogP contribution in [0, 0.1) is 13.8 Å². The van der Waals surface area contributed by atoms with Gasteiger partial charge in [0.1, 0.15) is 0 Å². The lowest BCUT2D eigenvalue weighted by molar-refractivity contribution is 0.0946. The smallest absolute Gasteiger partial charge is 0.0502 e. The first-order chi connectivity index (χ1) is 8.49. The van der Waals surface area contributed by atoms with Gasteiger partial charge in [0.15, 0.2) is 0 Å². The molecular weight excluding hydrogens is 220 g/mol. The summed E-state index contributed by atoms with van der Waals surface area (Å²) < 4.78 is 0. The topological polar surface area (TPSA) is 29.3 Å². The fraction of sp³-hybridized carbons (Fsp3) is 0.625. The molecule has 0 bridgehead atoms. The van der Waals surface area contributed by atoms with E-state index in [9.17, 15) is 0 Å². The van der Waals surface area contributed by atoms with Crippen molar-refractivity contribution in [2.75, 3.05) is 6.54 Å². The van der Waals surface area contributed by atoms with E-state index < -0.39 is 0 Å². The molecule has 1 aliphatic heterocycles. The SMILES string of the molecule is Cc1cc(C)cc(C2C(N)CCCN2C(C)C)c1. The predicted octanol–water partition coefficient (Wildman–Crippen LogP) is 3.18. The van der Waals surface area contributed by atoms with E-state index in [1.807, 2.05) is 0 Å². The first-order valence-corrected chi connectivity index (χ1v) is 7.08. The number of piperidine rings is 1. The van der Waals surface area contributed by atoms with Crippen molar-refractivity contribution in [3.63, 3.8) is 0 Å². The van der Waals surface area contributed by atoms with Crippen molar-refractivity contribution < 1.29 is 0 Å². The van der Waals surface area contributed by atoms with Crippen molar-refractivity contribution in [1.29, 1.82) is 0 Å². The van der Waals surface area contributed by atoms with Crippen molar-refractivity contribution in [1.82, 2.24) is 4.90 Å². The lowest BCUT2D eigenvalue weighted by atomic mass is 9.88. The molecule has 1 saturated heterocycles. The van der Waals surface area contributed by atoms with Gasteiger partial charge in [-0.2, -0.15) is 0 Å².